The number of amides is 3. The number of rotatable bonds is 1. The second-order valence-electron chi connectivity index (χ2n) is 3.45. The zero-order valence-electron chi connectivity index (χ0n) is 8.55. The lowest BCUT2D eigenvalue weighted by Gasteiger charge is -2.18. The van der Waals surface area contributed by atoms with Crippen LogP contribution in [0, 0.1) is 5.82 Å². The summed E-state index contributed by atoms with van der Waals surface area (Å²) in [6.45, 7) is 0. The molecule has 2 rings (SSSR count). The molecule has 0 radical (unpaired) electrons. The van der Waals surface area contributed by atoms with Gasteiger partial charge in [-0.25, -0.2) is 9.18 Å². The molecule has 6 heteroatoms. The monoisotopic (exact) mass is 223 g/mol. The van der Waals surface area contributed by atoms with E-state index in [0.717, 1.165) is 9.80 Å². The van der Waals surface area contributed by atoms with Gasteiger partial charge in [0.1, 0.15) is 5.82 Å². The zero-order valence-corrected chi connectivity index (χ0v) is 8.55. The number of benzene rings is 1. The number of halogens is 1. The van der Waals surface area contributed by atoms with Crippen molar-refractivity contribution in [2.24, 2.45) is 5.73 Å². The summed E-state index contributed by atoms with van der Waals surface area (Å²) in [5, 5.41) is 0. The molecule has 1 aromatic rings. The van der Waals surface area contributed by atoms with E-state index in [-0.39, 0.29) is 5.69 Å². The highest BCUT2D eigenvalue weighted by Crippen LogP contribution is 2.25. The Balaban J connectivity index is 2.46. The van der Waals surface area contributed by atoms with Gasteiger partial charge in [-0.2, -0.15) is 0 Å². The Hall–Kier alpha value is -1.95. The summed E-state index contributed by atoms with van der Waals surface area (Å²) in [6, 6.07) is 5.05. The van der Waals surface area contributed by atoms with Gasteiger partial charge in [0.05, 0.1) is 5.69 Å². The normalized spacial score (nSPS) is 20.8. The highest BCUT2D eigenvalue weighted by atomic mass is 19.1. The molecule has 1 unspecified atom stereocenters. The molecular formula is C10H10FN3O2. The van der Waals surface area contributed by atoms with Crippen molar-refractivity contribution in [2.75, 3.05) is 11.9 Å². The molecule has 1 aliphatic heterocycles. The van der Waals surface area contributed by atoms with Gasteiger partial charge in [-0.3, -0.25) is 14.6 Å². The van der Waals surface area contributed by atoms with Crippen LogP contribution in [0.5, 0.6) is 0 Å². The summed E-state index contributed by atoms with van der Waals surface area (Å²) in [7, 11) is 1.31. The van der Waals surface area contributed by atoms with Crippen LogP contribution < -0.4 is 10.6 Å². The first kappa shape index (κ1) is 10.6. The number of para-hydroxylation sites is 1. The Kier molecular flexibility index (Phi) is 2.35. The minimum absolute atomic E-state index is 0.0118. The summed E-state index contributed by atoms with van der Waals surface area (Å²) in [5.41, 5.74) is 5.56. The average Bonchev–Trinajstić information content (AvgIpc) is 2.45. The highest BCUT2D eigenvalue weighted by molar-refractivity contribution is 6.13. The van der Waals surface area contributed by atoms with Crippen molar-refractivity contribution in [3.8, 4) is 0 Å². The van der Waals surface area contributed by atoms with Gasteiger partial charge in [0.25, 0.3) is 5.91 Å². The smallest absolute Gasteiger partial charge is 0.303 e. The molecule has 1 fully saturated rings. The largest absolute Gasteiger partial charge is 0.332 e. The summed E-state index contributed by atoms with van der Waals surface area (Å²) >= 11 is 0. The maximum absolute atomic E-state index is 13.5. The molecule has 1 heterocycles. The molecular weight excluding hydrogens is 213 g/mol. The van der Waals surface area contributed by atoms with E-state index in [9.17, 15) is 14.0 Å². The summed E-state index contributed by atoms with van der Waals surface area (Å²) in [4.78, 5) is 24.9. The van der Waals surface area contributed by atoms with E-state index in [1.807, 2.05) is 0 Å². The predicted molar refractivity (Wildman–Crippen MR) is 55.0 cm³/mol. The summed E-state index contributed by atoms with van der Waals surface area (Å²) in [5.74, 6) is -1.14. The van der Waals surface area contributed by atoms with Gasteiger partial charge in [0.2, 0.25) is 0 Å². The van der Waals surface area contributed by atoms with Gasteiger partial charge < -0.3 is 5.73 Å². The van der Waals surface area contributed by atoms with Crippen molar-refractivity contribution in [1.29, 1.82) is 0 Å². The molecule has 84 valence electrons. The standard InChI is InChI=1S/C10H10FN3O2/c1-13-9(15)8(12)14(10(13)16)7-5-3-2-4-6(7)11/h2-5,8H,12H2,1H3. The molecule has 16 heavy (non-hydrogen) atoms. The number of carbonyl (C=O) groups excluding carboxylic acids is 2. The Bertz CT molecular complexity index is 463. The first-order valence-corrected chi connectivity index (χ1v) is 4.65. The predicted octanol–water partition coefficient (Wildman–Crippen LogP) is 0.509. The Morgan fingerprint density at radius 3 is 2.44 bits per heavy atom. The van der Waals surface area contributed by atoms with Crippen molar-refractivity contribution in [2.45, 2.75) is 6.17 Å². The van der Waals surface area contributed by atoms with Crippen molar-refractivity contribution >= 4 is 17.6 Å². The van der Waals surface area contributed by atoms with Crippen LogP contribution >= 0.6 is 0 Å². The van der Waals surface area contributed by atoms with Crippen LogP contribution in [0.25, 0.3) is 0 Å². The number of imide groups is 1. The third-order valence-electron chi connectivity index (χ3n) is 2.47. The highest BCUT2D eigenvalue weighted by Gasteiger charge is 2.42. The molecule has 1 aliphatic rings. The van der Waals surface area contributed by atoms with Crippen LogP contribution in [0.3, 0.4) is 0 Å². The van der Waals surface area contributed by atoms with E-state index in [0.29, 0.717) is 0 Å². The summed E-state index contributed by atoms with van der Waals surface area (Å²) in [6.07, 6.45) is -1.16. The molecule has 2 N–H and O–H groups in total. The third-order valence-corrected chi connectivity index (χ3v) is 2.47. The number of hydrogen-bond acceptors (Lipinski definition) is 3. The van der Waals surface area contributed by atoms with E-state index in [4.69, 9.17) is 5.73 Å². The Morgan fingerprint density at radius 2 is 1.94 bits per heavy atom. The van der Waals surface area contributed by atoms with Gasteiger partial charge in [-0.1, -0.05) is 12.1 Å². The van der Waals surface area contributed by atoms with Gasteiger partial charge in [0, 0.05) is 7.05 Å². The molecule has 0 aliphatic carbocycles. The lowest BCUT2D eigenvalue weighted by molar-refractivity contribution is -0.126. The van der Waals surface area contributed by atoms with E-state index in [1.165, 1.54) is 25.2 Å². The molecule has 0 spiro atoms. The fraction of sp³-hybridized carbons (Fsp3) is 0.200. The van der Waals surface area contributed by atoms with Crippen LogP contribution in [-0.4, -0.2) is 30.1 Å². The third kappa shape index (κ3) is 1.35. The van der Waals surface area contributed by atoms with Gasteiger partial charge >= 0.3 is 6.03 Å². The lowest BCUT2D eigenvalue weighted by Crippen LogP contribution is -2.42. The molecule has 0 saturated carbocycles. The van der Waals surface area contributed by atoms with Gasteiger partial charge in [-0.05, 0) is 12.1 Å². The zero-order chi connectivity index (χ0) is 11.9. The lowest BCUT2D eigenvalue weighted by atomic mass is 10.2. The first-order valence-electron chi connectivity index (χ1n) is 4.65. The minimum Gasteiger partial charge on any atom is -0.303 e. The number of anilines is 1. The summed E-state index contributed by atoms with van der Waals surface area (Å²) < 4.78 is 13.5. The number of nitrogens with zero attached hydrogens (tertiary/aromatic N) is 2. The van der Waals surface area contributed by atoms with Crippen molar-refractivity contribution in [1.82, 2.24) is 4.90 Å². The molecule has 1 saturated heterocycles. The number of nitrogens with two attached hydrogens (primary N) is 1. The van der Waals surface area contributed by atoms with E-state index in [2.05, 4.69) is 0 Å². The quantitative estimate of drug-likeness (QED) is 0.705. The van der Waals surface area contributed by atoms with Crippen LogP contribution in [0.15, 0.2) is 24.3 Å². The fourth-order valence-electron chi connectivity index (χ4n) is 1.58. The molecule has 3 amide bonds. The number of carbonyl (C=O) groups is 2. The second-order valence-corrected chi connectivity index (χ2v) is 3.45. The minimum atomic E-state index is -1.16. The molecule has 5 nitrogen and oxygen atoms in total. The van der Waals surface area contributed by atoms with Crippen molar-refractivity contribution < 1.29 is 14.0 Å². The molecule has 1 atom stereocenters. The molecule has 1 aromatic carbocycles. The molecule has 0 bridgehead atoms. The van der Waals surface area contributed by atoms with Crippen LogP contribution in [0.1, 0.15) is 0 Å². The maximum Gasteiger partial charge on any atom is 0.332 e. The fourth-order valence-corrected chi connectivity index (χ4v) is 1.58. The van der Waals surface area contributed by atoms with Gasteiger partial charge in [0.15, 0.2) is 6.17 Å². The van der Waals surface area contributed by atoms with Crippen LogP contribution in [-0.2, 0) is 4.79 Å². The Labute approximate surface area is 91.2 Å². The van der Waals surface area contributed by atoms with Crippen molar-refractivity contribution in [3.63, 3.8) is 0 Å². The maximum atomic E-state index is 13.5. The number of likely N-dealkylation sites (N-methyl/N-ethyl adjacent to an activating group) is 1. The SMILES string of the molecule is CN1C(=O)C(N)N(c2ccccc2F)C1=O. The van der Waals surface area contributed by atoms with Gasteiger partial charge in [-0.15, -0.1) is 0 Å². The molecule has 0 aromatic heterocycles. The number of hydrogen-bond donors (Lipinski definition) is 1. The second kappa shape index (κ2) is 3.57. The number of urea groups is 1. The van der Waals surface area contributed by atoms with Crippen LogP contribution in [0.4, 0.5) is 14.9 Å². The van der Waals surface area contributed by atoms with E-state index in [1.54, 1.807) is 6.07 Å². The van der Waals surface area contributed by atoms with Crippen LogP contribution in [0.2, 0.25) is 0 Å². The Morgan fingerprint density at radius 1 is 1.31 bits per heavy atom. The van der Waals surface area contributed by atoms with E-state index < -0.39 is 23.9 Å². The van der Waals surface area contributed by atoms with E-state index >= 15 is 0 Å². The first-order chi connectivity index (χ1) is 7.54. The topological polar surface area (TPSA) is 66.6 Å². The average molecular weight is 223 g/mol. The van der Waals surface area contributed by atoms with Crippen molar-refractivity contribution in [3.05, 3.63) is 30.1 Å².